The van der Waals surface area contributed by atoms with Gasteiger partial charge in [0.2, 0.25) is 20.0 Å². The second-order valence-corrected chi connectivity index (χ2v) is 12.3. The third-order valence-electron chi connectivity index (χ3n) is 6.35. The predicted molar refractivity (Wildman–Crippen MR) is 125 cm³/mol. The van der Waals surface area contributed by atoms with Crippen LogP contribution in [0.3, 0.4) is 0 Å². The Hall–Kier alpha value is -2.20. The molecule has 0 aliphatic carbocycles. The number of aromatic nitrogens is 1. The number of nitrogens with one attached hydrogen (secondary N) is 2. The molecule has 0 amide bonds. The Morgan fingerprint density at radius 2 is 1.59 bits per heavy atom. The Morgan fingerprint density at radius 1 is 0.969 bits per heavy atom. The summed E-state index contributed by atoms with van der Waals surface area (Å²) in [5.74, 6) is 0.519. The standard InChI is InChI=1S/C23H29N3O4S2/c1-16-10-12-26(13-11-16)32(29,30)21-7-5-20(6-8-21)31(27,28)24-15-19-4-9-23-22(14-19)17(2)18(3)25-23/h4-9,14,16,24-25H,10-13,15H2,1-3H3. The lowest BCUT2D eigenvalue weighted by atomic mass is 10.0. The maximum Gasteiger partial charge on any atom is 0.243 e. The van der Waals surface area contributed by atoms with E-state index in [1.54, 1.807) is 0 Å². The zero-order valence-corrected chi connectivity index (χ0v) is 20.2. The first-order chi connectivity index (χ1) is 15.1. The van der Waals surface area contributed by atoms with Gasteiger partial charge in [-0.25, -0.2) is 21.6 Å². The summed E-state index contributed by atoms with van der Waals surface area (Å²) in [4.78, 5) is 3.46. The highest BCUT2D eigenvalue weighted by Crippen LogP contribution is 2.25. The fourth-order valence-electron chi connectivity index (χ4n) is 4.05. The highest BCUT2D eigenvalue weighted by atomic mass is 32.2. The zero-order chi connectivity index (χ0) is 23.1. The first-order valence-corrected chi connectivity index (χ1v) is 13.7. The largest absolute Gasteiger partial charge is 0.358 e. The molecule has 2 N–H and O–H groups in total. The van der Waals surface area contributed by atoms with Crippen molar-refractivity contribution in [2.75, 3.05) is 13.1 Å². The van der Waals surface area contributed by atoms with E-state index in [0.717, 1.165) is 40.6 Å². The lowest BCUT2D eigenvalue weighted by Crippen LogP contribution is -2.37. The number of rotatable bonds is 6. The van der Waals surface area contributed by atoms with Gasteiger partial charge < -0.3 is 4.98 Å². The minimum atomic E-state index is -3.78. The molecular weight excluding hydrogens is 446 g/mol. The monoisotopic (exact) mass is 475 g/mol. The second kappa shape index (κ2) is 8.62. The van der Waals surface area contributed by atoms with Crippen LogP contribution in [-0.2, 0) is 26.6 Å². The number of H-pyrrole nitrogens is 1. The van der Waals surface area contributed by atoms with Gasteiger partial charge >= 0.3 is 0 Å². The van der Waals surface area contributed by atoms with Crippen molar-refractivity contribution in [3.05, 3.63) is 59.3 Å². The van der Waals surface area contributed by atoms with Crippen molar-refractivity contribution in [2.24, 2.45) is 5.92 Å². The van der Waals surface area contributed by atoms with Crippen molar-refractivity contribution >= 4 is 30.9 Å². The highest BCUT2D eigenvalue weighted by Gasteiger charge is 2.28. The van der Waals surface area contributed by atoms with Gasteiger partial charge in [0.05, 0.1) is 9.79 Å². The van der Waals surface area contributed by atoms with E-state index in [9.17, 15) is 16.8 Å². The van der Waals surface area contributed by atoms with E-state index in [1.165, 1.54) is 28.6 Å². The van der Waals surface area contributed by atoms with Crippen molar-refractivity contribution in [3.8, 4) is 0 Å². The number of aryl methyl sites for hydroxylation is 2. The molecule has 0 bridgehead atoms. The van der Waals surface area contributed by atoms with E-state index in [2.05, 4.69) is 16.6 Å². The molecule has 4 rings (SSSR count). The predicted octanol–water partition coefficient (Wildman–Crippen LogP) is 3.68. The number of piperidine rings is 1. The smallest absolute Gasteiger partial charge is 0.243 e. The van der Waals surface area contributed by atoms with Gasteiger partial charge in [-0.05, 0) is 80.1 Å². The summed E-state index contributed by atoms with van der Waals surface area (Å²) < 4.78 is 55.3. The molecule has 32 heavy (non-hydrogen) atoms. The van der Waals surface area contributed by atoms with Gasteiger partial charge in [-0.3, -0.25) is 0 Å². The van der Waals surface area contributed by atoms with Crippen LogP contribution in [0, 0.1) is 19.8 Å². The minimum absolute atomic E-state index is 0.0402. The minimum Gasteiger partial charge on any atom is -0.358 e. The molecule has 1 aromatic heterocycles. The van der Waals surface area contributed by atoms with Crippen LogP contribution in [-0.4, -0.2) is 39.2 Å². The number of sulfonamides is 2. The first kappa shape index (κ1) is 23.0. The van der Waals surface area contributed by atoms with Crippen LogP contribution in [0.15, 0.2) is 52.3 Å². The summed E-state index contributed by atoms with van der Waals surface area (Å²) in [5.41, 5.74) is 4.10. The molecule has 2 aromatic carbocycles. The maximum absolute atomic E-state index is 12.9. The van der Waals surface area contributed by atoms with Gasteiger partial charge in [0.1, 0.15) is 0 Å². The van der Waals surface area contributed by atoms with Gasteiger partial charge in [0.25, 0.3) is 0 Å². The maximum atomic E-state index is 12.9. The van der Waals surface area contributed by atoms with Crippen molar-refractivity contribution in [2.45, 2.75) is 49.9 Å². The molecule has 1 fully saturated rings. The quantitative estimate of drug-likeness (QED) is 0.568. The number of fused-ring (bicyclic) bond motifs is 1. The van der Waals surface area contributed by atoms with Crippen molar-refractivity contribution in [1.29, 1.82) is 0 Å². The number of benzene rings is 2. The number of nitrogens with zero attached hydrogens (tertiary/aromatic N) is 1. The van der Waals surface area contributed by atoms with Crippen LogP contribution in [0.4, 0.5) is 0 Å². The molecule has 1 saturated heterocycles. The molecule has 0 unspecified atom stereocenters. The Kier molecular flexibility index (Phi) is 6.19. The Balaban J connectivity index is 1.48. The van der Waals surface area contributed by atoms with E-state index >= 15 is 0 Å². The molecule has 7 nitrogen and oxygen atoms in total. The van der Waals surface area contributed by atoms with E-state index in [1.807, 2.05) is 32.0 Å². The second-order valence-electron chi connectivity index (χ2n) is 8.64. The lowest BCUT2D eigenvalue weighted by Gasteiger charge is -2.29. The number of hydrogen-bond donors (Lipinski definition) is 2. The molecule has 1 aliphatic rings. The van der Waals surface area contributed by atoms with Crippen LogP contribution in [0.5, 0.6) is 0 Å². The molecule has 3 aromatic rings. The zero-order valence-electron chi connectivity index (χ0n) is 18.6. The average Bonchev–Trinajstić information content (AvgIpc) is 3.06. The van der Waals surface area contributed by atoms with Gasteiger partial charge in [-0.1, -0.05) is 13.0 Å². The van der Waals surface area contributed by atoms with Crippen molar-refractivity contribution in [1.82, 2.24) is 14.0 Å². The molecule has 1 aliphatic heterocycles. The van der Waals surface area contributed by atoms with E-state index in [4.69, 9.17) is 0 Å². The Morgan fingerprint density at radius 3 is 2.25 bits per heavy atom. The van der Waals surface area contributed by atoms with Gasteiger partial charge in [0.15, 0.2) is 0 Å². The van der Waals surface area contributed by atoms with E-state index in [0.29, 0.717) is 19.0 Å². The Labute approximate surface area is 189 Å². The normalized spacial score (nSPS) is 16.6. The van der Waals surface area contributed by atoms with Crippen LogP contribution < -0.4 is 4.72 Å². The molecule has 9 heteroatoms. The third-order valence-corrected chi connectivity index (χ3v) is 9.68. The molecule has 172 valence electrons. The summed E-state index contributed by atoms with van der Waals surface area (Å²) >= 11 is 0. The summed E-state index contributed by atoms with van der Waals surface area (Å²) in [6, 6.07) is 11.3. The van der Waals surface area contributed by atoms with Crippen LogP contribution in [0.25, 0.3) is 10.9 Å². The molecule has 0 atom stereocenters. The summed E-state index contributed by atoms with van der Waals surface area (Å²) in [6.07, 6.45) is 1.67. The highest BCUT2D eigenvalue weighted by molar-refractivity contribution is 7.89. The Bertz CT molecular complexity index is 1340. The van der Waals surface area contributed by atoms with Gasteiger partial charge in [-0.2, -0.15) is 4.31 Å². The van der Waals surface area contributed by atoms with Crippen LogP contribution in [0.2, 0.25) is 0 Å². The molecule has 0 radical (unpaired) electrons. The van der Waals surface area contributed by atoms with Crippen molar-refractivity contribution in [3.63, 3.8) is 0 Å². The summed E-state index contributed by atoms with van der Waals surface area (Å²) in [7, 11) is -7.39. The lowest BCUT2D eigenvalue weighted by molar-refractivity contribution is 0.288. The molecular formula is C23H29N3O4S2. The number of hydrogen-bond acceptors (Lipinski definition) is 4. The van der Waals surface area contributed by atoms with Crippen LogP contribution >= 0.6 is 0 Å². The SMILES string of the molecule is Cc1[nH]c2ccc(CNS(=O)(=O)c3ccc(S(=O)(=O)N4CCC(C)CC4)cc3)cc2c1C. The molecule has 2 heterocycles. The molecule has 0 spiro atoms. The third kappa shape index (κ3) is 4.47. The van der Waals surface area contributed by atoms with Crippen molar-refractivity contribution < 1.29 is 16.8 Å². The molecule has 0 saturated carbocycles. The average molecular weight is 476 g/mol. The van der Waals surface area contributed by atoms with Gasteiger partial charge in [-0.15, -0.1) is 0 Å². The van der Waals surface area contributed by atoms with E-state index in [-0.39, 0.29) is 16.3 Å². The summed E-state index contributed by atoms with van der Waals surface area (Å²) in [6.45, 7) is 7.30. The summed E-state index contributed by atoms with van der Waals surface area (Å²) in [5, 5.41) is 1.07. The van der Waals surface area contributed by atoms with E-state index < -0.39 is 20.0 Å². The number of aromatic amines is 1. The van der Waals surface area contributed by atoms with Crippen LogP contribution in [0.1, 0.15) is 36.6 Å². The fourth-order valence-corrected chi connectivity index (χ4v) is 6.53. The van der Waals surface area contributed by atoms with Gasteiger partial charge in [0, 0.05) is 36.2 Å². The topological polar surface area (TPSA) is 99.3 Å². The fraction of sp³-hybridized carbons (Fsp3) is 0.391. The first-order valence-electron chi connectivity index (χ1n) is 10.8.